The molecule has 3 aromatic rings. The fraction of sp³-hybridized carbons (Fsp3) is 0.261. The molecule has 0 N–H and O–H groups in total. The summed E-state index contributed by atoms with van der Waals surface area (Å²) >= 11 is 3.44. The molecule has 3 rings (SSSR count). The number of aromatic nitrogens is 1. The third kappa shape index (κ3) is 4.89. The molecular formula is C23H25BrN2O. The third-order valence-corrected chi connectivity index (χ3v) is 5.46. The number of rotatable bonds is 7. The van der Waals surface area contributed by atoms with E-state index in [2.05, 4.69) is 76.9 Å². The number of hydrogen-bond acceptors (Lipinski definition) is 1. The summed E-state index contributed by atoms with van der Waals surface area (Å²) in [5, 5.41) is 0. The minimum Gasteiger partial charge on any atom is -0.345 e. The highest BCUT2D eigenvalue weighted by atomic mass is 79.9. The Hall–Kier alpha value is -2.33. The van der Waals surface area contributed by atoms with Gasteiger partial charge >= 0.3 is 0 Å². The summed E-state index contributed by atoms with van der Waals surface area (Å²) in [6.07, 6.45) is 3.00. The maximum atomic E-state index is 13.2. The predicted octanol–water partition coefficient (Wildman–Crippen LogP) is 5.74. The summed E-state index contributed by atoms with van der Waals surface area (Å²) < 4.78 is 3.20. The van der Waals surface area contributed by atoms with Gasteiger partial charge in [0.15, 0.2) is 0 Å². The molecule has 0 aliphatic heterocycles. The second-order valence-corrected chi connectivity index (χ2v) is 7.73. The average Bonchev–Trinajstić information content (AvgIpc) is 3.13. The molecule has 3 nitrogen and oxygen atoms in total. The van der Waals surface area contributed by atoms with Crippen LogP contribution in [0.25, 0.3) is 0 Å². The van der Waals surface area contributed by atoms with Crippen molar-refractivity contribution in [2.24, 2.45) is 0 Å². The van der Waals surface area contributed by atoms with E-state index in [0.29, 0.717) is 6.54 Å². The highest BCUT2D eigenvalue weighted by Crippen LogP contribution is 2.18. The van der Waals surface area contributed by atoms with Gasteiger partial charge in [-0.05, 0) is 55.3 Å². The second kappa shape index (κ2) is 9.05. The van der Waals surface area contributed by atoms with Crippen molar-refractivity contribution in [1.29, 1.82) is 0 Å². The van der Waals surface area contributed by atoms with Crippen LogP contribution in [0.2, 0.25) is 0 Å². The molecule has 0 aliphatic rings. The van der Waals surface area contributed by atoms with Crippen molar-refractivity contribution in [2.45, 2.75) is 39.4 Å². The smallest absolute Gasteiger partial charge is 0.254 e. The molecule has 0 bridgehead atoms. The first-order chi connectivity index (χ1) is 13.1. The molecule has 27 heavy (non-hydrogen) atoms. The Morgan fingerprint density at radius 2 is 1.74 bits per heavy atom. The zero-order valence-electron chi connectivity index (χ0n) is 15.8. The topological polar surface area (TPSA) is 25.2 Å². The van der Waals surface area contributed by atoms with Gasteiger partial charge in [0.1, 0.15) is 0 Å². The molecule has 0 saturated carbocycles. The van der Waals surface area contributed by atoms with Crippen molar-refractivity contribution in [3.05, 3.63) is 94.2 Å². The lowest BCUT2D eigenvalue weighted by Gasteiger charge is -2.29. The van der Waals surface area contributed by atoms with Gasteiger partial charge in [-0.1, -0.05) is 53.2 Å². The van der Waals surface area contributed by atoms with Crippen LogP contribution in [0.3, 0.4) is 0 Å². The van der Waals surface area contributed by atoms with E-state index >= 15 is 0 Å². The molecular weight excluding hydrogens is 400 g/mol. The summed E-state index contributed by atoms with van der Waals surface area (Å²) in [4.78, 5) is 15.1. The number of benzene rings is 2. The molecule has 0 fully saturated rings. The van der Waals surface area contributed by atoms with Gasteiger partial charge in [-0.2, -0.15) is 0 Å². The van der Waals surface area contributed by atoms with Crippen LogP contribution in [0.5, 0.6) is 0 Å². The van der Waals surface area contributed by atoms with Crippen molar-refractivity contribution >= 4 is 21.8 Å². The zero-order valence-corrected chi connectivity index (χ0v) is 17.4. The van der Waals surface area contributed by atoms with Crippen molar-refractivity contribution in [3.8, 4) is 0 Å². The van der Waals surface area contributed by atoms with Crippen LogP contribution in [0.15, 0.2) is 77.4 Å². The summed E-state index contributed by atoms with van der Waals surface area (Å²) in [7, 11) is 0. The maximum absolute atomic E-state index is 13.2. The molecule has 140 valence electrons. The molecule has 2 aromatic carbocycles. The number of nitrogens with zero attached hydrogens (tertiary/aromatic N) is 2. The standard InChI is InChI=1S/C23H25BrN2O/c1-3-18(2)26(23(27)20-11-13-21(24)14-12-20)17-22-10-7-15-25(22)16-19-8-5-4-6-9-19/h4-15,18H,3,16-17H2,1-2H3. The van der Waals surface area contributed by atoms with Gasteiger partial charge in [0.2, 0.25) is 0 Å². The zero-order chi connectivity index (χ0) is 19.2. The molecule has 0 radical (unpaired) electrons. The normalized spacial score (nSPS) is 12.0. The molecule has 0 saturated heterocycles. The summed E-state index contributed by atoms with van der Waals surface area (Å²) in [5.74, 6) is 0.0734. The number of amides is 1. The van der Waals surface area contributed by atoms with Crippen LogP contribution < -0.4 is 0 Å². The van der Waals surface area contributed by atoms with Crippen molar-refractivity contribution in [1.82, 2.24) is 9.47 Å². The Morgan fingerprint density at radius 1 is 1.04 bits per heavy atom. The molecule has 1 aromatic heterocycles. The van der Waals surface area contributed by atoms with Crippen LogP contribution >= 0.6 is 15.9 Å². The second-order valence-electron chi connectivity index (χ2n) is 6.81. The van der Waals surface area contributed by atoms with E-state index in [4.69, 9.17) is 0 Å². The van der Waals surface area contributed by atoms with Crippen molar-refractivity contribution in [2.75, 3.05) is 0 Å². The van der Waals surface area contributed by atoms with E-state index in [1.807, 2.05) is 35.2 Å². The molecule has 4 heteroatoms. The Bertz CT molecular complexity index is 871. The molecule has 1 atom stereocenters. The fourth-order valence-corrected chi connectivity index (χ4v) is 3.37. The van der Waals surface area contributed by atoms with Crippen LogP contribution in [0.4, 0.5) is 0 Å². The largest absolute Gasteiger partial charge is 0.345 e. The quantitative estimate of drug-likeness (QED) is 0.474. The van der Waals surface area contributed by atoms with E-state index in [-0.39, 0.29) is 11.9 Å². The lowest BCUT2D eigenvalue weighted by molar-refractivity contribution is 0.0667. The van der Waals surface area contributed by atoms with E-state index < -0.39 is 0 Å². The minimum atomic E-state index is 0.0734. The van der Waals surface area contributed by atoms with Gasteiger partial charge in [-0.25, -0.2) is 0 Å². The molecule has 1 unspecified atom stereocenters. The summed E-state index contributed by atoms with van der Waals surface area (Å²) in [6.45, 7) is 5.64. The van der Waals surface area contributed by atoms with Gasteiger partial charge in [-0.3, -0.25) is 4.79 Å². The highest BCUT2D eigenvalue weighted by Gasteiger charge is 2.22. The van der Waals surface area contributed by atoms with Gasteiger partial charge in [0.05, 0.1) is 6.54 Å². The van der Waals surface area contributed by atoms with Gasteiger partial charge in [0.25, 0.3) is 5.91 Å². The Labute approximate surface area is 169 Å². The lowest BCUT2D eigenvalue weighted by atomic mass is 10.1. The van der Waals surface area contributed by atoms with Gasteiger partial charge < -0.3 is 9.47 Å². The van der Waals surface area contributed by atoms with E-state index in [0.717, 1.165) is 28.7 Å². The van der Waals surface area contributed by atoms with Crippen LogP contribution in [0, 0.1) is 0 Å². The number of carbonyl (C=O) groups is 1. The predicted molar refractivity (Wildman–Crippen MR) is 114 cm³/mol. The average molecular weight is 425 g/mol. The minimum absolute atomic E-state index is 0.0734. The van der Waals surface area contributed by atoms with Crippen molar-refractivity contribution in [3.63, 3.8) is 0 Å². The monoisotopic (exact) mass is 424 g/mol. The number of carbonyl (C=O) groups excluding carboxylic acids is 1. The summed E-state index contributed by atoms with van der Waals surface area (Å²) in [5.41, 5.74) is 3.12. The molecule has 0 aliphatic carbocycles. The lowest BCUT2D eigenvalue weighted by Crippen LogP contribution is -2.38. The number of hydrogen-bond donors (Lipinski definition) is 0. The molecule has 1 heterocycles. The third-order valence-electron chi connectivity index (χ3n) is 4.93. The fourth-order valence-electron chi connectivity index (χ4n) is 3.11. The Balaban J connectivity index is 1.82. The SMILES string of the molecule is CCC(C)N(Cc1cccn1Cc1ccccc1)C(=O)c1ccc(Br)cc1. The van der Waals surface area contributed by atoms with Crippen LogP contribution in [0.1, 0.15) is 41.9 Å². The number of halogens is 1. The highest BCUT2D eigenvalue weighted by molar-refractivity contribution is 9.10. The van der Waals surface area contributed by atoms with Crippen LogP contribution in [-0.4, -0.2) is 21.4 Å². The van der Waals surface area contributed by atoms with Crippen LogP contribution in [-0.2, 0) is 13.1 Å². The maximum Gasteiger partial charge on any atom is 0.254 e. The Morgan fingerprint density at radius 3 is 2.41 bits per heavy atom. The molecule has 1 amide bonds. The van der Waals surface area contributed by atoms with E-state index in [9.17, 15) is 4.79 Å². The first-order valence-electron chi connectivity index (χ1n) is 9.33. The first kappa shape index (κ1) is 19.4. The van der Waals surface area contributed by atoms with Crippen molar-refractivity contribution < 1.29 is 4.79 Å². The Kier molecular flexibility index (Phi) is 6.51. The first-order valence-corrected chi connectivity index (χ1v) is 10.1. The summed E-state index contributed by atoms with van der Waals surface area (Å²) in [6, 6.07) is 22.3. The molecule has 0 spiro atoms. The van der Waals surface area contributed by atoms with Gasteiger partial charge in [-0.15, -0.1) is 0 Å². The van der Waals surface area contributed by atoms with E-state index in [1.54, 1.807) is 0 Å². The van der Waals surface area contributed by atoms with Gasteiger partial charge in [0, 0.05) is 34.5 Å². The van der Waals surface area contributed by atoms with E-state index in [1.165, 1.54) is 5.56 Å².